The van der Waals surface area contributed by atoms with Crippen molar-refractivity contribution in [1.82, 2.24) is 5.32 Å². The van der Waals surface area contributed by atoms with Crippen LogP contribution in [0, 0.1) is 11.8 Å². The molecule has 2 aliphatic carbocycles. The quantitative estimate of drug-likeness (QED) is 0.742. The van der Waals surface area contributed by atoms with E-state index in [1.54, 1.807) is 0 Å². The summed E-state index contributed by atoms with van der Waals surface area (Å²) in [6.07, 6.45) is 9.57. The van der Waals surface area contributed by atoms with Gasteiger partial charge < -0.3 is 5.32 Å². The van der Waals surface area contributed by atoms with Gasteiger partial charge in [-0.2, -0.15) is 0 Å². The molecule has 2 aliphatic rings. The Hall–Kier alpha value is -0.180. The zero-order chi connectivity index (χ0) is 13.0. The van der Waals surface area contributed by atoms with Crippen molar-refractivity contribution in [2.45, 2.75) is 76.2 Å². The van der Waals surface area contributed by atoms with Gasteiger partial charge >= 0.3 is 0 Å². The van der Waals surface area contributed by atoms with Crippen LogP contribution >= 0.6 is 0 Å². The highest BCUT2D eigenvalue weighted by Gasteiger charge is 2.40. The van der Waals surface area contributed by atoms with Gasteiger partial charge in [0.1, 0.15) is 0 Å². The first-order valence-electron chi connectivity index (χ1n) is 7.67. The predicted octanol–water partition coefficient (Wildman–Crippen LogP) is 4.37. The van der Waals surface area contributed by atoms with Crippen molar-refractivity contribution in [1.29, 1.82) is 0 Å². The average molecular weight is 259 g/mol. The van der Waals surface area contributed by atoms with Gasteiger partial charge in [0.2, 0.25) is 5.92 Å². The van der Waals surface area contributed by atoms with Gasteiger partial charge in [-0.05, 0) is 44.6 Å². The van der Waals surface area contributed by atoms with Gasteiger partial charge in [0.15, 0.2) is 0 Å². The van der Waals surface area contributed by atoms with Crippen LogP contribution in [0.3, 0.4) is 0 Å². The third-order valence-electron chi connectivity index (χ3n) is 4.93. The van der Waals surface area contributed by atoms with E-state index in [9.17, 15) is 8.78 Å². The SMILES string of the molecule is CNC(C1CCCCCC1)C1CCCC(F)(F)C1. The minimum atomic E-state index is -2.41. The number of hydrogen-bond acceptors (Lipinski definition) is 1. The average Bonchev–Trinajstić information content (AvgIpc) is 2.58. The van der Waals surface area contributed by atoms with Gasteiger partial charge in [-0.15, -0.1) is 0 Å². The van der Waals surface area contributed by atoms with E-state index >= 15 is 0 Å². The molecule has 0 aromatic rings. The second-order valence-electron chi connectivity index (χ2n) is 6.28. The van der Waals surface area contributed by atoms with Crippen molar-refractivity contribution in [2.24, 2.45) is 11.8 Å². The fraction of sp³-hybridized carbons (Fsp3) is 1.00. The van der Waals surface area contributed by atoms with Gasteiger partial charge in [0.25, 0.3) is 0 Å². The van der Waals surface area contributed by atoms with Crippen LogP contribution in [0.1, 0.15) is 64.2 Å². The molecule has 0 radical (unpaired) electrons. The largest absolute Gasteiger partial charge is 0.316 e. The Kier molecular flexibility index (Phi) is 4.99. The molecule has 0 saturated heterocycles. The summed E-state index contributed by atoms with van der Waals surface area (Å²) in [4.78, 5) is 0. The van der Waals surface area contributed by atoms with E-state index in [-0.39, 0.29) is 18.8 Å². The lowest BCUT2D eigenvalue weighted by atomic mass is 9.75. The van der Waals surface area contributed by atoms with Gasteiger partial charge in [0, 0.05) is 18.9 Å². The molecule has 1 nitrogen and oxygen atoms in total. The molecule has 2 saturated carbocycles. The van der Waals surface area contributed by atoms with E-state index in [0.717, 1.165) is 6.42 Å². The number of alkyl halides is 2. The van der Waals surface area contributed by atoms with Crippen LogP contribution in [0.25, 0.3) is 0 Å². The van der Waals surface area contributed by atoms with Gasteiger partial charge in [0.05, 0.1) is 0 Å². The fourth-order valence-corrected chi connectivity index (χ4v) is 4.04. The lowest BCUT2D eigenvalue weighted by Gasteiger charge is -2.38. The first-order valence-corrected chi connectivity index (χ1v) is 7.67. The smallest absolute Gasteiger partial charge is 0.248 e. The molecule has 106 valence electrons. The normalized spacial score (nSPS) is 31.8. The summed E-state index contributed by atoms with van der Waals surface area (Å²) in [6, 6.07) is 0.314. The molecule has 0 aromatic heterocycles. The van der Waals surface area contributed by atoms with E-state index in [4.69, 9.17) is 0 Å². The van der Waals surface area contributed by atoms with Crippen molar-refractivity contribution in [3.8, 4) is 0 Å². The molecular weight excluding hydrogens is 232 g/mol. The van der Waals surface area contributed by atoms with E-state index in [1.165, 1.54) is 38.5 Å². The summed E-state index contributed by atoms with van der Waals surface area (Å²) < 4.78 is 27.1. The molecule has 2 unspecified atom stereocenters. The highest BCUT2D eigenvalue weighted by molar-refractivity contribution is 4.89. The third-order valence-corrected chi connectivity index (χ3v) is 4.93. The zero-order valence-corrected chi connectivity index (χ0v) is 11.6. The fourth-order valence-electron chi connectivity index (χ4n) is 4.04. The topological polar surface area (TPSA) is 12.0 Å². The maximum absolute atomic E-state index is 13.6. The van der Waals surface area contributed by atoms with Gasteiger partial charge in [-0.1, -0.05) is 25.7 Å². The second-order valence-corrected chi connectivity index (χ2v) is 6.28. The highest BCUT2D eigenvalue weighted by atomic mass is 19.3. The van der Waals surface area contributed by atoms with Gasteiger partial charge in [-0.25, -0.2) is 8.78 Å². The molecule has 0 aromatic carbocycles. The van der Waals surface area contributed by atoms with Gasteiger partial charge in [-0.3, -0.25) is 0 Å². The Morgan fingerprint density at radius 2 is 1.56 bits per heavy atom. The van der Waals surface area contributed by atoms with Crippen LogP contribution < -0.4 is 5.32 Å². The van der Waals surface area contributed by atoms with Crippen molar-refractivity contribution in [2.75, 3.05) is 7.05 Å². The summed E-state index contributed by atoms with van der Waals surface area (Å²) in [6.45, 7) is 0. The Morgan fingerprint density at radius 1 is 0.944 bits per heavy atom. The number of nitrogens with one attached hydrogen (secondary N) is 1. The molecule has 18 heavy (non-hydrogen) atoms. The number of halogens is 2. The number of hydrogen-bond donors (Lipinski definition) is 1. The lowest BCUT2D eigenvalue weighted by Crippen LogP contribution is -2.44. The maximum Gasteiger partial charge on any atom is 0.248 e. The highest BCUT2D eigenvalue weighted by Crippen LogP contribution is 2.41. The van der Waals surface area contributed by atoms with E-state index < -0.39 is 5.92 Å². The Bertz CT molecular complexity index is 247. The first-order chi connectivity index (χ1) is 8.62. The predicted molar refractivity (Wildman–Crippen MR) is 70.9 cm³/mol. The zero-order valence-electron chi connectivity index (χ0n) is 11.6. The van der Waals surface area contributed by atoms with Crippen LogP contribution in [-0.4, -0.2) is 19.0 Å². The molecule has 0 heterocycles. The molecule has 0 amide bonds. The molecule has 2 atom stereocenters. The Labute approximate surface area is 110 Å². The summed E-state index contributed by atoms with van der Waals surface area (Å²) in [5.74, 6) is -1.61. The minimum Gasteiger partial charge on any atom is -0.316 e. The molecular formula is C15H27F2N. The van der Waals surface area contributed by atoms with E-state index in [1.807, 2.05) is 7.05 Å². The van der Waals surface area contributed by atoms with Crippen molar-refractivity contribution in [3.05, 3.63) is 0 Å². The molecule has 0 bridgehead atoms. The third kappa shape index (κ3) is 3.66. The minimum absolute atomic E-state index is 0.102. The van der Waals surface area contributed by atoms with E-state index in [0.29, 0.717) is 18.4 Å². The summed E-state index contributed by atoms with van der Waals surface area (Å²) in [5.41, 5.74) is 0. The summed E-state index contributed by atoms with van der Waals surface area (Å²) in [5, 5.41) is 3.37. The first kappa shape index (κ1) is 14.2. The van der Waals surface area contributed by atoms with Crippen LogP contribution in [0.5, 0.6) is 0 Å². The van der Waals surface area contributed by atoms with Crippen LogP contribution in [0.15, 0.2) is 0 Å². The molecule has 1 N–H and O–H groups in total. The standard InChI is InChI=1S/C15H27F2N/c1-18-14(12-7-4-2-3-5-8-12)13-9-6-10-15(16,17)11-13/h12-14,18H,2-11H2,1H3. The van der Waals surface area contributed by atoms with Crippen LogP contribution in [-0.2, 0) is 0 Å². The molecule has 2 fully saturated rings. The molecule has 0 aliphatic heterocycles. The molecule has 2 rings (SSSR count). The Morgan fingerprint density at radius 3 is 2.11 bits per heavy atom. The summed E-state index contributed by atoms with van der Waals surface area (Å²) in [7, 11) is 1.96. The molecule has 0 spiro atoms. The van der Waals surface area contributed by atoms with Crippen molar-refractivity contribution >= 4 is 0 Å². The number of rotatable bonds is 3. The Balaban J connectivity index is 1.98. The van der Waals surface area contributed by atoms with Crippen molar-refractivity contribution in [3.63, 3.8) is 0 Å². The second kappa shape index (κ2) is 6.31. The van der Waals surface area contributed by atoms with Crippen LogP contribution in [0.4, 0.5) is 8.78 Å². The van der Waals surface area contributed by atoms with Crippen LogP contribution in [0.2, 0.25) is 0 Å². The monoisotopic (exact) mass is 259 g/mol. The molecule has 3 heteroatoms. The maximum atomic E-state index is 13.6. The lowest BCUT2D eigenvalue weighted by molar-refractivity contribution is -0.0615. The van der Waals surface area contributed by atoms with Crippen molar-refractivity contribution < 1.29 is 8.78 Å². The summed E-state index contributed by atoms with van der Waals surface area (Å²) >= 11 is 0. The van der Waals surface area contributed by atoms with E-state index in [2.05, 4.69) is 5.32 Å².